The summed E-state index contributed by atoms with van der Waals surface area (Å²) in [6.45, 7) is 30.6. The minimum Gasteiger partial charge on any atom is -0.309 e. The van der Waals surface area contributed by atoms with Gasteiger partial charge in [-0.2, -0.15) is 4.40 Å². The van der Waals surface area contributed by atoms with Crippen molar-refractivity contribution in [1.29, 1.82) is 0 Å². The van der Waals surface area contributed by atoms with Crippen LogP contribution in [0.1, 0.15) is 111 Å². The van der Waals surface area contributed by atoms with Crippen LogP contribution in [0.3, 0.4) is 0 Å². The Labute approximate surface area is 445 Å². The van der Waals surface area contributed by atoms with Crippen molar-refractivity contribution in [3.8, 4) is 11.1 Å². The van der Waals surface area contributed by atoms with Crippen LogP contribution in [0.5, 0.6) is 0 Å². The van der Waals surface area contributed by atoms with Gasteiger partial charge in [-0.05, 0) is 145 Å². The van der Waals surface area contributed by atoms with Gasteiger partial charge in [-0.15, -0.1) is 0 Å². The molecule has 10 aromatic rings. The van der Waals surface area contributed by atoms with Crippen LogP contribution in [0.2, 0.25) is 0 Å². The van der Waals surface area contributed by atoms with Crippen molar-refractivity contribution < 1.29 is 4.57 Å². The standard InChI is InChI=1S/C67H64BN4S2/c1-37-19-17-22-45-44-20-15-16-23-48(44)72-60-43(21-18-24-51(60)69(14)63(72)58(37)45)38-29-52-59-53(30-38)71-50-28-26-40(65(5,6)7)34-55(50)74-57-36-42(67(11,12)13)32-47(62(57)71)68(59)46-31-41(66(8,9)10)35-56-61(46)70(52)49-27-25-39(64(2,3)4)33-54(49)73-56/h15-36H,1-14H3/q+1. The molecule has 4 nitrogen and oxygen atoms in total. The zero-order chi connectivity index (χ0) is 51.4. The first-order valence-corrected chi connectivity index (χ1v) is 28.2. The second-order valence-electron chi connectivity index (χ2n) is 25.8. The SMILES string of the molecule is Cc1cccc2c3ccccc3n3c4c(-c5cc6c7c(c5)N5c8ccc(C(C)(C)C)cc8Sc8cc(C(C)(C)C)cc(c85)B7c5cc(C(C)(C)C)cc7c5N6c5ccc(C(C)(C)C)cc5S7)cccc4[n+](C)c3c12. The Morgan fingerprint density at radius 3 is 1.51 bits per heavy atom. The van der Waals surface area contributed by atoms with E-state index >= 15 is 0 Å². The van der Waals surface area contributed by atoms with Gasteiger partial charge >= 0.3 is 0 Å². The molecule has 0 aliphatic carbocycles. The summed E-state index contributed by atoms with van der Waals surface area (Å²) in [4.78, 5) is 10.7. The fourth-order valence-electron chi connectivity index (χ4n) is 12.8. The highest BCUT2D eigenvalue weighted by Gasteiger charge is 2.49. The minimum absolute atomic E-state index is 0.00153. The molecule has 366 valence electrons. The molecule has 4 aliphatic rings. The van der Waals surface area contributed by atoms with Crippen molar-refractivity contribution in [3.63, 3.8) is 0 Å². The number of aryl methyl sites for hydroxylation is 2. The van der Waals surface area contributed by atoms with E-state index in [1.165, 1.54) is 147 Å². The topological polar surface area (TPSA) is 14.8 Å². The molecule has 4 aliphatic heterocycles. The number of pyridine rings is 1. The van der Waals surface area contributed by atoms with E-state index < -0.39 is 0 Å². The maximum absolute atomic E-state index is 2.69. The molecule has 2 aromatic heterocycles. The first kappa shape index (κ1) is 46.2. The zero-order valence-corrected chi connectivity index (χ0v) is 47.0. The summed E-state index contributed by atoms with van der Waals surface area (Å²) < 4.78 is 5.02. The van der Waals surface area contributed by atoms with E-state index in [9.17, 15) is 0 Å². The fraction of sp³-hybridized carbons (Fsp3) is 0.269. The van der Waals surface area contributed by atoms with Gasteiger partial charge in [0.15, 0.2) is 11.0 Å². The average molecular weight is 1000 g/mol. The highest BCUT2D eigenvalue weighted by molar-refractivity contribution is 8.00. The third-order valence-electron chi connectivity index (χ3n) is 16.9. The normalized spacial score (nSPS) is 14.7. The lowest BCUT2D eigenvalue weighted by molar-refractivity contribution is -0.617. The molecule has 0 saturated carbocycles. The fourth-order valence-corrected chi connectivity index (χ4v) is 15.2. The van der Waals surface area contributed by atoms with Crippen LogP contribution in [0.15, 0.2) is 153 Å². The van der Waals surface area contributed by atoms with Gasteiger partial charge in [0.05, 0.1) is 35.2 Å². The number of hydrogen-bond acceptors (Lipinski definition) is 4. The molecule has 7 heteroatoms. The van der Waals surface area contributed by atoms with Gasteiger partial charge in [0, 0.05) is 47.3 Å². The molecule has 0 atom stereocenters. The number of anilines is 6. The van der Waals surface area contributed by atoms with Crippen molar-refractivity contribution >= 4 is 119 Å². The number of benzene rings is 8. The van der Waals surface area contributed by atoms with Crippen LogP contribution in [0.25, 0.3) is 49.5 Å². The predicted octanol–water partition coefficient (Wildman–Crippen LogP) is 16.4. The Hall–Kier alpha value is -6.41. The summed E-state index contributed by atoms with van der Waals surface area (Å²) in [5.41, 5.74) is 25.8. The monoisotopic (exact) mass is 999 g/mol. The summed E-state index contributed by atoms with van der Waals surface area (Å²) in [5, 5.41) is 3.85. The molecule has 0 amide bonds. The van der Waals surface area contributed by atoms with E-state index in [1.54, 1.807) is 0 Å². The second kappa shape index (κ2) is 15.1. The highest BCUT2D eigenvalue weighted by atomic mass is 32.2. The number of aromatic nitrogens is 2. The Morgan fingerprint density at radius 1 is 0.473 bits per heavy atom. The molecule has 0 radical (unpaired) electrons. The molecule has 0 saturated heterocycles. The van der Waals surface area contributed by atoms with Crippen molar-refractivity contribution in [3.05, 3.63) is 161 Å². The lowest BCUT2D eigenvalue weighted by Gasteiger charge is -2.48. The van der Waals surface area contributed by atoms with Crippen LogP contribution in [-0.2, 0) is 28.7 Å². The predicted molar refractivity (Wildman–Crippen MR) is 318 cm³/mol. The summed E-state index contributed by atoms with van der Waals surface area (Å²) in [6.07, 6.45) is 0. The largest absolute Gasteiger partial charge is 0.309 e. The lowest BCUT2D eigenvalue weighted by atomic mass is 9.33. The van der Waals surface area contributed by atoms with Crippen LogP contribution in [-0.4, -0.2) is 11.1 Å². The second-order valence-corrected chi connectivity index (χ2v) is 28.0. The number of nitrogens with zero attached hydrogens (tertiary/aromatic N) is 4. The molecule has 8 aromatic carbocycles. The van der Waals surface area contributed by atoms with Crippen LogP contribution >= 0.6 is 23.5 Å². The van der Waals surface area contributed by atoms with Crippen LogP contribution in [0, 0.1) is 6.92 Å². The molecule has 6 heterocycles. The van der Waals surface area contributed by atoms with Crippen molar-refractivity contribution in [1.82, 2.24) is 4.40 Å². The van der Waals surface area contributed by atoms with E-state index in [0.717, 1.165) is 0 Å². The molecule has 0 fully saturated rings. The maximum atomic E-state index is 2.69. The van der Waals surface area contributed by atoms with Gasteiger partial charge < -0.3 is 9.80 Å². The van der Waals surface area contributed by atoms with Gasteiger partial charge in [0.25, 0.3) is 12.4 Å². The Balaban J connectivity index is 1.16. The van der Waals surface area contributed by atoms with Gasteiger partial charge in [0.2, 0.25) is 0 Å². The molecule has 0 N–H and O–H groups in total. The first-order chi connectivity index (χ1) is 35.1. The van der Waals surface area contributed by atoms with Crippen LogP contribution < -0.4 is 30.8 Å². The van der Waals surface area contributed by atoms with Gasteiger partial charge in [-0.3, -0.25) is 0 Å². The molecule has 14 rings (SSSR count). The molecule has 0 bridgehead atoms. The van der Waals surface area contributed by atoms with Gasteiger partial charge in [0.1, 0.15) is 5.52 Å². The molecule has 0 unspecified atom stereocenters. The summed E-state index contributed by atoms with van der Waals surface area (Å²) in [7, 11) is 2.26. The summed E-state index contributed by atoms with van der Waals surface area (Å²) >= 11 is 3.94. The Morgan fingerprint density at radius 2 is 0.973 bits per heavy atom. The third kappa shape index (κ3) is 6.41. The number of para-hydroxylation sites is 2. The smallest absolute Gasteiger partial charge is 0.295 e. The average Bonchev–Trinajstić information content (AvgIpc) is 3.67. The summed E-state index contributed by atoms with van der Waals surface area (Å²) in [5.74, 6) is 0. The molecular formula is C67H64BN4S2+. The van der Waals surface area contributed by atoms with E-state index in [4.69, 9.17) is 0 Å². The van der Waals surface area contributed by atoms with Crippen LogP contribution in [0.4, 0.5) is 34.1 Å². The first-order valence-electron chi connectivity index (χ1n) is 26.6. The minimum atomic E-state index is -0.0623. The quantitative estimate of drug-likeness (QED) is 0.0924. The van der Waals surface area contributed by atoms with E-state index in [1.807, 2.05) is 23.5 Å². The van der Waals surface area contributed by atoms with Gasteiger partial charge in [-0.25, -0.2) is 4.57 Å². The van der Waals surface area contributed by atoms with E-state index in [0.29, 0.717) is 0 Å². The third-order valence-corrected chi connectivity index (χ3v) is 19.0. The molecule has 74 heavy (non-hydrogen) atoms. The zero-order valence-electron chi connectivity index (χ0n) is 45.4. The van der Waals surface area contributed by atoms with Crippen molar-refractivity contribution in [2.24, 2.45) is 7.05 Å². The number of fused-ring (bicyclic) bond motifs is 16. The van der Waals surface area contributed by atoms with Crippen molar-refractivity contribution in [2.45, 2.75) is 131 Å². The van der Waals surface area contributed by atoms with E-state index in [2.05, 4.69) is 249 Å². The maximum Gasteiger partial charge on any atom is 0.295 e. The number of imidazole rings is 1. The lowest BCUT2D eigenvalue weighted by Crippen LogP contribution is -2.62. The molecule has 0 spiro atoms. The van der Waals surface area contributed by atoms with E-state index in [-0.39, 0.29) is 28.4 Å². The highest BCUT2D eigenvalue weighted by Crippen LogP contribution is 2.59. The Bertz CT molecular complexity index is 4010. The van der Waals surface area contributed by atoms with Crippen molar-refractivity contribution in [2.75, 3.05) is 9.80 Å². The summed E-state index contributed by atoms with van der Waals surface area (Å²) in [6, 6.07) is 52.8. The molecular weight excluding hydrogens is 936 g/mol. The number of hydrogen-bond donors (Lipinski definition) is 0. The number of rotatable bonds is 1. The Kier molecular flexibility index (Phi) is 9.44. The van der Waals surface area contributed by atoms with Gasteiger partial charge in [-0.1, -0.05) is 173 Å².